The predicted molar refractivity (Wildman–Crippen MR) is 77.2 cm³/mol. The Kier molecular flexibility index (Phi) is 3.38. The third-order valence-corrected chi connectivity index (χ3v) is 3.94. The lowest BCUT2D eigenvalue weighted by Gasteiger charge is -2.14. The molecule has 3 nitrogen and oxygen atoms in total. The largest absolute Gasteiger partial charge is 0.310 e. The second kappa shape index (κ2) is 5.17. The van der Waals surface area contributed by atoms with Crippen LogP contribution in [0.1, 0.15) is 34.7 Å². The van der Waals surface area contributed by atoms with E-state index in [0.717, 1.165) is 13.0 Å². The summed E-state index contributed by atoms with van der Waals surface area (Å²) >= 11 is 0. The highest BCUT2D eigenvalue weighted by Crippen LogP contribution is 2.31. The minimum atomic E-state index is 0.534. The summed E-state index contributed by atoms with van der Waals surface area (Å²) in [7, 11) is 1.97. The minimum Gasteiger partial charge on any atom is -0.310 e. The molecule has 100 valence electrons. The second-order valence-electron chi connectivity index (χ2n) is 5.52. The average Bonchev–Trinajstić information content (AvgIpc) is 2.97. The zero-order valence-corrected chi connectivity index (χ0v) is 11.7. The molecule has 0 aliphatic heterocycles. The first-order valence-corrected chi connectivity index (χ1v) is 7.03. The topological polar surface area (TPSA) is 29.9 Å². The van der Waals surface area contributed by atoms with Gasteiger partial charge in [0, 0.05) is 19.3 Å². The highest BCUT2D eigenvalue weighted by atomic mass is 15.2. The summed E-state index contributed by atoms with van der Waals surface area (Å²) < 4.78 is 1.86. The van der Waals surface area contributed by atoms with Crippen molar-refractivity contribution in [1.82, 2.24) is 15.1 Å². The van der Waals surface area contributed by atoms with Crippen molar-refractivity contribution in [3.63, 3.8) is 0 Å². The van der Waals surface area contributed by atoms with E-state index < -0.39 is 0 Å². The van der Waals surface area contributed by atoms with Crippen LogP contribution < -0.4 is 5.32 Å². The van der Waals surface area contributed by atoms with Gasteiger partial charge in [0.15, 0.2) is 0 Å². The Morgan fingerprint density at radius 3 is 3.11 bits per heavy atom. The average molecular weight is 255 g/mol. The van der Waals surface area contributed by atoms with Crippen LogP contribution in [0, 0.1) is 6.92 Å². The molecule has 0 fully saturated rings. The third kappa shape index (κ3) is 2.71. The lowest BCUT2D eigenvalue weighted by Crippen LogP contribution is -2.21. The van der Waals surface area contributed by atoms with Gasteiger partial charge in [-0.15, -0.1) is 0 Å². The first kappa shape index (κ1) is 12.4. The van der Waals surface area contributed by atoms with Crippen molar-refractivity contribution >= 4 is 0 Å². The van der Waals surface area contributed by atoms with Crippen molar-refractivity contribution in [2.24, 2.45) is 7.05 Å². The molecular weight excluding hydrogens is 234 g/mol. The smallest absolute Gasteiger partial charge is 0.0522 e. The summed E-state index contributed by atoms with van der Waals surface area (Å²) in [6.45, 7) is 3.19. The quantitative estimate of drug-likeness (QED) is 0.910. The molecule has 1 N–H and O–H groups in total. The fourth-order valence-corrected chi connectivity index (χ4v) is 2.93. The van der Waals surface area contributed by atoms with Crippen LogP contribution in [0.3, 0.4) is 0 Å². The number of fused-ring (bicyclic) bond motifs is 1. The van der Waals surface area contributed by atoms with Gasteiger partial charge in [0.25, 0.3) is 0 Å². The van der Waals surface area contributed by atoms with E-state index in [2.05, 4.69) is 41.7 Å². The monoisotopic (exact) mass is 255 g/mol. The van der Waals surface area contributed by atoms with Crippen molar-refractivity contribution in [2.45, 2.75) is 32.2 Å². The van der Waals surface area contributed by atoms with Crippen LogP contribution in [0.4, 0.5) is 0 Å². The van der Waals surface area contributed by atoms with E-state index >= 15 is 0 Å². The van der Waals surface area contributed by atoms with Crippen molar-refractivity contribution in [2.75, 3.05) is 6.54 Å². The molecule has 2 aromatic rings. The Morgan fingerprint density at radius 1 is 1.42 bits per heavy atom. The highest BCUT2D eigenvalue weighted by Gasteiger charge is 2.21. The minimum absolute atomic E-state index is 0.534. The first-order chi connectivity index (χ1) is 9.22. The maximum atomic E-state index is 4.20. The van der Waals surface area contributed by atoms with Crippen LogP contribution in [0.25, 0.3) is 0 Å². The molecular formula is C16H21N3. The molecule has 0 saturated heterocycles. The maximum absolute atomic E-state index is 4.20. The summed E-state index contributed by atoms with van der Waals surface area (Å²) in [5.74, 6) is 0. The van der Waals surface area contributed by atoms with Crippen LogP contribution in [-0.4, -0.2) is 16.3 Å². The van der Waals surface area contributed by atoms with Gasteiger partial charge in [0.05, 0.1) is 6.20 Å². The predicted octanol–water partition coefficient (Wildman–Crippen LogP) is 2.55. The molecule has 3 rings (SSSR count). The number of rotatable bonds is 4. The number of nitrogens with one attached hydrogen (secondary N) is 1. The summed E-state index contributed by atoms with van der Waals surface area (Å²) in [6.07, 6.45) is 7.53. The van der Waals surface area contributed by atoms with Gasteiger partial charge in [-0.25, -0.2) is 0 Å². The van der Waals surface area contributed by atoms with E-state index in [9.17, 15) is 0 Å². The molecule has 3 heteroatoms. The molecule has 19 heavy (non-hydrogen) atoms. The van der Waals surface area contributed by atoms with Gasteiger partial charge in [-0.3, -0.25) is 4.68 Å². The van der Waals surface area contributed by atoms with E-state index in [-0.39, 0.29) is 0 Å². The van der Waals surface area contributed by atoms with Gasteiger partial charge in [0.2, 0.25) is 0 Å². The maximum Gasteiger partial charge on any atom is 0.0522 e. The molecule has 0 saturated carbocycles. The van der Waals surface area contributed by atoms with Crippen LogP contribution in [0.2, 0.25) is 0 Å². The van der Waals surface area contributed by atoms with Gasteiger partial charge in [-0.05, 0) is 49.4 Å². The normalized spacial score (nSPS) is 17.7. The van der Waals surface area contributed by atoms with Crippen molar-refractivity contribution < 1.29 is 0 Å². The van der Waals surface area contributed by atoms with Crippen molar-refractivity contribution in [3.05, 3.63) is 52.8 Å². The summed E-state index contributed by atoms with van der Waals surface area (Å²) in [5, 5.41) is 7.89. The van der Waals surface area contributed by atoms with E-state index in [1.165, 1.54) is 35.1 Å². The van der Waals surface area contributed by atoms with Gasteiger partial charge in [-0.1, -0.05) is 23.8 Å². The molecule has 1 aromatic carbocycles. The molecule has 1 heterocycles. The molecule has 0 bridgehead atoms. The highest BCUT2D eigenvalue weighted by molar-refractivity contribution is 5.37. The molecule has 1 aliphatic rings. The Balaban J connectivity index is 1.59. The lowest BCUT2D eigenvalue weighted by atomic mass is 10.0. The SMILES string of the molecule is Cc1ccc2c(c1)C(NCCc1cnn(C)c1)CC2. The Hall–Kier alpha value is -1.61. The van der Waals surface area contributed by atoms with Crippen molar-refractivity contribution in [1.29, 1.82) is 0 Å². The third-order valence-electron chi connectivity index (χ3n) is 3.94. The second-order valence-corrected chi connectivity index (χ2v) is 5.52. The molecule has 1 aromatic heterocycles. The fourth-order valence-electron chi connectivity index (χ4n) is 2.93. The van der Waals surface area contributed by atoms with Crippen LogP contribution >= 0.6 is 0 Å². The van der Waals surface area contributed by atoms with Gasteiger partial charge in [0.1, 0.15) is 0 Å². The zero-order valence-electron chi connectivity index (χ0n) is 11.7. The van der Waals surface area contributed by atoms with E-state index in [1.54, 1.807) is 0 Å². The number of aryl methyl sites for hydroxylation is 3. The van der Waals surface area contributed by atoms with Gasteiger partial charge < -0.3 is 5.32 Å². The number of benzene rings is 1. The first-order valence-electron chi connectivity index (χ1n) is 7.03. The van der Waals surface area contributed by atoms with E-state index in [1.807, 2.05) is 17.9 Å². The lowest BCUT2D eigenvalue weighted by molar-refractivity contribution is 0.533. The Morgan fingerprint density at radius 2 is 2.32 bits per heavy atom. The fraction of sp³-hybridized carbons (Fsp3) is 0.438. The molecule has 1 atom stereocenters. The number of nitrogens with zero attached hydrogens (tertiary/aromatic N) is 2. The number of hydrogen-bond acceptors (Lipinski definition) is 2. The summed E-state index contributed by atoms with van der Waals surface area (Å²) in [6, 6.07) is 7.38. The van der Waals surface area contributed by atoms with Crippen molar-refractivity contribution in [3.8, 4) is 0 Å². The van der Waals surface area contributed by atoms with E-state index in [4.69, 9.17) is 0 Å². The van der Waals surface area contributed by atoms with Crippen LogP contribution in [0.5, 0.6) is 0 Å². The summed E-state index contributed by atoms with van der Waals surface area (Å²) in [5.41, 5.74) is 5.69. The zero-order chi connectivity index (χ0) is 13.2. The van der Waals surface area contributed by atoms with E-state index in [0.29, 0.717) is 6.04 Å². The molecule has 0 radical (unpaired) electrons. The Labute approximate surface area is 114 Å². The van der Waals surface area contributed by atoms with Crippen LogP contribution in [-0.2, 0) is 19.9 Å². The van der Waals surface area contributed by atoms with Crippen LogP contribution in [0.15, 0.2) is 30.6 Å². The molecule has 1 unspecified atom stereocenters. The molecule has 1 aliphatic carbocycles. The summed E-state index contributed by atoms with van der Waals surface area (Å²) in [4.78, 5) is 0. The Bertz CT molecular complexity index is 571. The van der Waals surface area contributed by atoms with Gasteiger partial charge in [-0.2, -0.15) is 5.10 Å². The standard InChI is InChI=1S/C16H21N3/c1-12-3-4-14-5-6-16(15(14)9-12)17-8-7-13-10-18-19(2)11-13/h3-4,9-11,16-17H,5-8H2,1-2H3. The number of aromatic nitrogens is 2. The molecule has 0 spiro atoms. The van der Waals surface area contributed by atoms with Gasteiger partial charge >= 0.3 is 0 Å². The molecule has 0 amide bonds. The number of hydrogen-bond donors (Lipinski definition) is 1.